The number of benzene rings is 1. The molecule has 6 nitrogen and oxygen atoms in total. The van der Waals surface area contributed by atoms with Crippen molar-refractivity contribution in [2.24, 2.45) is 0 Å². The van der Waals surface area contributed by atoms with Gasteiger partial charge in [-0.2, -0.15) is 0 Å². The molecule has 1 atom stereocenters. The van der Waals surface area contributed by atoms with Crippen molar-refractivity contribution in [2.45, 2.75) is 31.7 Å². The SMILES string of the molecule is COc1ccc(-c2cnc(CCC(=O)N[C@H]3CCCNC3)o2)cc1.Cl.Cl. The number of carbonyl (C=O) groups excluding carboxylic acids is 1. The second-order valence-corrected chi connectivity index (χ2v) is 5.96. The summed E-state index contributed by atoms with van der Waals surface area (Å²) in [6, 6.07) is 7.84. The molecule has 1 aromatic carbocycles. The standard InChI is InChI=1S/C18H23N3O3.2ClH/c1-23-15-6-4-13(5-7-15)16-12-20-18(24-16)9-8-17(22)21-14-3-2-10-19-11-14;;/h4-7,12,14,19H,2-3,8-11H2,1H3,(H,21,22);2*1H/t14-;;/m0../s1. The lowest BCUT2D eigenvalue weighted by Gasteiger charge is -2.23. The summed E-state index contributed by atoms with van der Waals surface area (Å²) in [6.45, 7) is 1.89. The van der Waals surface area contributed by atoms with Gasteiger partial charge in [0.2, 0.25) is 5.91 Å². The van der Waals surface area contributed by atoms with Gasteiger partial charge in [0, 0.05) is 31.0 Å². The zero-order chi connectivity index (χ0) is 16.8. The maximum atomic E-state index is 12.0. The van der Waals surface area contributed by atoms with Crippen molar-refractivity contribution >= 4 is 30.7 Å². The number of aromatic nitrogens is 1. The van der Waals surface area contributed by atoms with Crippen LogP contribution >= 0.6 is 24.8 Å². The topological polar surface area (TPSA) is 76.4 Å². The van der Waals surface area contributed by atoms with E-state index < -0.39 is 0 Å². The average molecular weight is 402 g/mol. The van der Waals surface area contributed by atoms with Gasteiger partial charge in [-0.05, 0) is 43.7 Å². The molecule has 0 saturated carbocycles. The van der Waals surface area contributed by atoms with Gasteiger partial charge in [-0.15, -0.1) is 24.8 Å². The number of methoxy groups -OCH3 is 1. The van der Waals surface area contributed by atoms with Crippen LogP contribution in [0.4, 0.5) is 0 Å². The molecule has 0 aliphatic carbocycles. The number of piperidine rings is 1. The van der Waals surface area contributed by atoms with E-state index in [1.165, 1.54) is 0 Å². The van der Waals surface area contributed by atoms with Crippen molar-refractivity contribution in [3.63, 3.8) is 0 Å². The van der Waals surface area contributed by atoms with Gasteiger partial charge in [0.25, 0.3) is 0 Å². The first-order valence-electron chi connectivity index (χ1n) is 8.34. The molecule has 144 valence electrons. The fourth-order valence-electron chi connectivity index (χ4n) is 2.81. The highest BCUT2D eigenvalue weighted by Gasteiger charge is 2.16. The van der Waals surface area contributed by atoms with E-state index in [0.29, 0.717) is 24.5 Å². The van der Waals surface area contributed by atoms with Crippen LogP contribution in [-0.2, 0) is 11.2 Å². The number of nitrogens with zero attached hydrogens (tertiary/aromatic N) is 1. The summed E-state index contributed by atoms with van der Waals surface area (Å²) in [5.41, 5.74) is 0.937. The van der Waals surface area contributed by atoms with Gasteiger partial charge in [0.1, 0.15) is 5.75 Å². The minimum Gasteiger partial charge on any atom is -0.497 e. The maximum Gasteiger partial charge on any atom is 0.220 e. The van der Waals surface area contributed by atoms with E-state index in [2.05, 4.69) is 15.6 Å². The van der Waals surface area contributed by atoms with Gasteiger partial charge in [-0.25, -0.2) is 4.98 Å². The van der Waals surface area contributed by atoms with E-state index in [1.54, 1.807) is 13.3 Å². The second-order valence-electron chi connectivity index (χ2n) is 5.96. The fourth-order valence-corrected chi connectivity index (χ4v) is 2.81. The van der Waals surface area contributed by atoms with E-state index in [0.717, 1.165) is 37.2 Å². The number of ether oxygens (including phenoxy) is 1. The third-order valence-corrected chi connectivity index (χ3v) is 4.16. The van der Waals surface area contributed by atoms with E-state index in [4.69, 9.17) is 9.15 Å². The van der Waals surface area contributed by atoms with Crippen LogP contribution < -0.4 is 15.4 Å². The second kappa shape index (κ2) is 11.1. The Morgan fingerprint density at radius 1 is 1.35 bits per heavy atom. The van der Waals surface area contributed by atoms with Crippen molar-refractivity contribution in [3.05, 3.63) is 36.4 Å². The Labute approximate surface area is 165 Å². The van der Waals surface area contributed by atoms with Crippen LogP contribution in [0.1, 0.15) is 25.2 Å². The molecule has 1 fully saturated rings. The van der Waals surface area contributed by atoms with Crippen molar-refractivity contribution in [2.75, 3.05) is 20.2 Å². The number of hydrogen-bond acceptors (Lipinski definition) is 5. The first-order chi connectivity index (χ1) is 11.7. The van der Waals surface area contributed by atoms with E-state index in [1.807, 2.05) is 24.3 Å². The van der Waals surface area contributed by atoms with Crippen LogP contribution in [0.2, 0.25) is 0 Å². The summed E-state index contributed by atoms with van der Waals surface area (Å²) in [4.78, 5) is 16.3. The quantitative estimate of drug-likeness (QED) is 0.777. The third-order valence-electron chi connectivity index (χ3n) is 4.16. The molecular formula is C18H25Cl2N3O3. The number of amides is 1. The zero-order valence-corrected chi connectivity index (χ0v) is 16.3. The molecule has 1 aliphatic rings. The van der Waals surface area contributed by atoms with Gasteiger partial charge in [-0.3, -0.25) is 4.79 Å². The predicted octanol–water partition coefficient (Wildman–Crippen LogP) is 2.99. The van der Waals surface area contributed by atoms with Gasteiger partial charge < -0.3 is 19.8 Å². The summed E-state index contributed by atoms with van der Waals surface area (Å²) < 4.78 is 10.9. The number of aryl methyl sites for hydroxylation is 1. The first-order valence-corrected chi connectivity index (χ1v) is 8.34. The monoisotopic (exact) mass is 401 g/mol. The molecule has 2 heterocycles. The summed E-state index contributed by atoms with van der Waals surface area (Å²) in [5, 5.41) is 6.34. The van der Waals surface area contributed by atoms with Crippen LogP contribution in [0.3, 0.4) is 0 Å². The van der Waals surface area contributed by atoms with E-state index >= 15 is 0 Å². The van der Waals surface area contributed by atoms with Crippen LogP contribution in [-0.4, -0.2) is 37.1 Å². The Bertz CT molecular complexity index is 671. The molecule has 3 rings (SSSR count). The average Bonchev–Trinajstić information content (AvgIpc) is 3.10. The lowest BCUT2D eigenvalue weighted by molar-refractivity contribution is -0.121. The normalized spacial score (nSPS) is 16.1. The summed E-state index contributed by atoms with van der Waals surface area (Å²) in [6.07, 6.45) is 4.73. The van der Waals surface area contributed by atoms with E-state index in [9.17, 15) is 4.79 Å². The molecule has 2 aromatic rings. The molecule has 1 aromatic heterocycles. The van der Waals surface area contributed by atoms with Crippen LogP contribution in [0.15, 0.2) is 34.9 Å². The van der Waals surface area contributed by atoms with Crippen LogP contribution in [0.25, 0.3) is 11.3 Å². The third kappa shape index (κ3) is 6.20. The number of hydrogen-bond donors (Lipinski definition) is 2. The van der Waals surface area contributed by atoms with Gasteiger partial charge in [-0.1, -0.05) is 0 Å². The zero-order valence-electron chi connectivity index (χ0n) is 14.7. The largest absolute Gasteiger partial charge is 0.497 e. The molecule has 0 unspecified atom stereocenters. The number of halogens is 2. The maximum absolute atomic E-state index is 12.0. The highest BCUT2D eigenvalue weighted by Crippen LogP contribution is 2.23. The molecule has 0 bridgehead atoms. The van der Waals surface area contributed by atoms with Crippen molar-refractivity contribution in [1.29, 1.82) is 0 Å². The van der Waals surface area contributed by atoms with Crippen molar-refractivity contribution in [3.8, 4) is 17.1 Å². The lowest BCUT2D eigenvalue weighted by atomic mass is 10.1. The van der Waals surface area contributed by atoms with Crippen LogP contribution in [0, 0.1) is 0 Å². The number of rotatable bonds is 6. The molecule has 26 heavy (non-hydrogen) atoms. The number of carbonyl (C=O) groups is 1. The van der Waals surface area contributed by atoms with Gasteiger partial charge >= 0.3 is 0 Å². The Hall–Kier alpha value is -1.76. The van der Waals surface area contributed by atoms with Gasteiger partial charge in [0.05, 0.1) is 13.3 Å². The van der Waals surface area contributed by atoms with Crippen molar-refractivity contribution in [1.82, 2.24) is 15.6 Å². The summed E-state index contributed by atoms with van der Waals surface area (Å²) in [5.74, 6) is 2.13. The predicted molar refractivity (Wildman–Crippen MR) is 105 cm³/mol. The van der Waals surface area contributed by atoms with Crippen molar-refractivity contribution < 1.29 is 13.9 Å². The highest BCUT2D eigenvalue weighted by molar-refractivity contribution is 5.85. The summed E-state index contributed by atoms with van der Waals surface area (Å²) >= 11 is 0. The fraction of sp³-hybridized carbons (Fsp3) is 0.444. The molecule has 0 spiro atoms. The molecule has 1 amide bonds. The lowest BCUT2D eigenvalue weighted by Crippen LogP contribution is -2.45. The Morgan fingerprint density at radius 2 is 2.12 bits per heavy atom. The molecule has 0 radical (unpaired) electrons. The molecule has 1 aliphatic heterocycles. The smallest absolute Gasteiger partial charge is 0.220 e. The minimum absolute atomic E-state index is 0. The number of nitrogens with one attached hydrogen (secondary N) is 2. The van der Waals surface area contributed by atoms with Crippen LogP contribution in [0.5, 0.6) is 5.75 Å². The highest BCUT2D eigenvalue weighted by atomic mass is 35.5. The van der Waals surface area contributed by atoms with E-state index in [-0.39, 0.29) is 36.8 Å². The molecular weight excluding hydrogens is 377 g/mol. The minimum atomic E-state index is 0. The summed E-state index contributed by atoms with van der Waals surface area (Å²) in [7, 11) is 1.63. The molecule has 8 heteroatoms. The van der Waals surface area contributed by atoms with Gasteiger partial charge in [0.15, 0.2) is 11.7 Å². The number of oxazole rings is 1. The first kappa shape index (κ1) is 22.3. The Balaban J connectivity index is 0.00000169. The molecule has 2 N–H and O–H groups in total. The molecule has 1 saturated heterocycles. The Kier molecular flexibility index (Phi) is 9.48. The Morgan fingerprint density at radius 3 is 2.77 bits per heavy atom.